The molecule has 1 aromatic carbocycles. The van der Waals surface area contributed by atoms with E-state index in [1.807, 2.05) is 35.2 Å². The predicted octanol–water partition coefficient (Wildman–Crippen LogP) is 1.81. The third-order valence-electron chi connectivity index (χ3n) is 4.74. The lowest BCUT2D eigenvalue weighted by Gasteiger charge is -2.44. The molecule has 0 aromatic heterocycles. The standard InChI is InChI=1S/C17H24N2O2/c20-16(14-6-2-1-3-7-14)12-17(21)19-11-10-18-9-5-4-8-15(18)13-19/h1-3,6-7,15-16,20H,4-5,8-13H2. The number of amides is 1. The SMILES string of the molecule is O=C(CC(O)c1ccccc1)N1CCN2CCCCC2C1. The topological polar surface area (TPSA) is 43.8 Å². The molecule has 1 amide bonds. The number of piperazine rings is 1. The maximum Gasteiger partial charge on any atom is 0.225 e. The number of carbonyl (C=O) groups excluding carboxylic acids is 1. The molecule has 2 fully saturated rings. The average Bonchev–Trinajstić information content (AvgIpc) is 2.55. The highest BCUT2D eigenvalue weighted by atomic mass is 16.3. The second-order valence-electron chi connectivity index (χ2n) is 6.16. The average molecular weight is 288 g/mol. The highest BCUT2D eigenvalue weighted by molar-refractivity contribution is 5.77. The fraction of sp³-hybridized carbons (Fsp3) is 0.588. The zero-order chi connectivity index (χ0) is 14.7. The zero-order valence-electron chi connectivity index (χ0n) is 12.4. The van der Waals surface area contributed by atoms with E-state index in [1.54, 1.807) is 0 Å². The van der Waals surface area contributed by atoms with Gasteiger partial charge in [-0.2, -0.15) is 0 Å². The minimum absolute atomic E-state index is 0.0802. The monoisotopic (exact) mass is 288 g/mol. The molecular formula is C17H24N2O2. The fourth-order valence-corrected chi connectivity index (χ4v) is 3.47. The molecule has 2 aliphatic rings. The molecule has 3 rings (SSSR count). The van der Waals surface area contributed by atoms with Crippen LogP contribution in [-0.2, 0) is 4.79 Å². The van der Waals surface area contributed by atoms with Crippen LogP contribution in [0.3, 0.4) is 0 Å². The van der Waals surface area contributed by atoms with Crippen LogP contribution in [0.15, 0.2) is 30.3 Å². The van der Waals surface area contributed by atoms with Gasteiger partial charge in [0, 0.05) is 25.7 Å². The molecule has 114 valence electrons. The van der Waals surface area contributed by atoms with Gasteiger partial charge in [-0.05, 0) is 24.9 Å². The van der Waals surface area contributed by atoms with Crippen LogP contribution in [0, 0.1) is 0 Å². The van der Waals surface area contributed by atoms with E-state index < -0.39 is 6.10 Å². The van der Waals surface area contributed by atoms with Gasteiger partial charge >= 0.3 is 0 Å². The molecule has 4 heteroatoms. The number of nitrogens with zero attached hydrogens (tertiary/aromatic N) is 2. The maximum absolute atomic E-state index is 12.4. The summed E-state index contributed by atoms with van der Waals surface area (Å²) < 4.78 is 0. The van der Waals surface area contributed by atoms with Gasteiger partial charge in [0.2, 0.25) is 5.91 Å². The normalized spacial score (nSPS) is 24.4. The summed E-state index contributed by atoms with van der Waals surface area (Å²) in [5.74, 6) is 0.0802. The molecule has 0 spiro atoms. The Labute approximate surface area is 126 Å². The van der Waals surface area contributed by atoms with E-state index in [4.69, 9.17) is 0 Å². The molecule has 2 unspecified atom stereocenters. The van der Waals surface area contributed by atoms with Crippen molar-refractivity contribution in [3.05, 3.63) is 35.9 Å². The maximum atomic E-state index is 12.4. The number of aliphatic hydroxyl groups excluding tert-OH is 1. The van der Waals surface area contributed by atoms with E-state index in [1.165, 1.54) is 25.8 Å². The van der Waals surface area contributed by atoms with Gasteiger partial charge in [0.05, 0.1) is 12.5 Å². The summed E-state index contributed by atoms with van der Waals surface area (Å²) in [6.45, 7) is 3.80. The molecule has 2 atom stereocenters. The second-order valence-corrected chi connectivity index (χ2v) is 6.16. The summed E-state index contributed by atoms with van der Waals surface area (Å²) in [6.07, 6.45) is 3.26. The van der Waals surface area contributed by atoms with Gasteiger partial charge in [-0.25, -0.2) is 0 Å². The van der Waals surface area contributed by atoms with Crippen molar-refractivity contribution in [3.63, 3.8) is 0 Å². The summed E-state index contributed by atoms with van der Waals surface area (Å²) in [5.41, 5.74) is 0.821. The van der Waals surface area contributed by atoms with E-state index in [0.717, 1.165) is 25.2 Å². The van der Waals surface area contributed by atoms with Gasteiger partial charge in [0.15, 0.2) is 0 Å². The van der Waals surface area contributed by atoms with Gasteiger partial charge in [-0.1, -0.05) is 36.8 Å². The lowest BCUT2D eigenvalue weighted by atomic mass is 9.99. The van der Waals surface area contributed by atoms with Gasteiger partial charge in [0.1, 0.15) is 0 Å². The number of hydrogen-bond acceptors (Lipinski definition) is 3. The van der Waals surface area contributed by atoms with Crippen molar-refractivity contribution < 1.29 is 9.90 Å². The largest absolute Gasteiger partial charge is 0.388 e. The smallest absolute Gasteiger partial charge is 0.225 e. The third-order valence-corrected chi connectivity index (χ3v) is 4.74. The van der Waals surface area contributed by atoms with Crippen LogP contribution in [0.5, 0.6) is 0 Å². The van der Waals surface area contributed by atoms with Gasteiger partial charge < -0.3 is 10.0 Å². The Kier molecular flexibility index (Phi) is 4.56. The summed E-state index contributed by atoms with van der Waals surface area (Å²) in [5, 5.41) is 10.2. The number of piperidine rings is 1. The molecule has 2 aliphatic heterocycles. The lowest BCUT2D eigenvalue weighted by Crippen LogP contribution is -2.56. The third kappa shape index (κ3) is 3.44. The molecule has 2 heterocycles. The molecule has 0 aliphatic carbocycles. The summed E-state index contributed by atoms with van der Waals surface area (Å²) in [6, 6.07) is 9.98. The number of hydrogen-bond donors (Lipinski definition) is 1. The van der Waals surface area contributed by atoms with Crippen molar-refractivity contribution in [1.29, 1.82) is 0 Å². The van der Waals surface area contributed by atoms with E-state index in [-0.39, 0.29) is 12.3 Å². The minimum atomic E-state index is -0.692. The summed E-state index contributed by atoms with van der Waals surface area (Å²) in [4.78, 5) is 16.9. The van der Waals surface area contributed by atoms with Crippen molar-refractivity contribution >= 4 is 5.91 Å². The molecular weight excluding hydrogens is 264 g/mol. The molecule has 0 bridgehead atoms. The molecule has 4 nitrogen and oxygen atoms in total. The van der Waals surface area contributed by atoms with Gasteiger partial charge in [-0.3, -0.25) is 9.69 Å². The molecule has 0 saturated carbocycles. The van der Waals surface area contributed by atoms with Crippen LogP contribution >= 0.6 is 0 Å². The van der Waals surface area contributed by atoms with Crippen molar-refractivity contribution in [2.24, 2.45) is 0 Å². The highest BCUT2D eigenvalue weighted by Gasteiger charge is 2.31. The van der Waals surface area contributed by atoms with Crippen LogP contribution < -0.4 is 0 Å². The first kappa shape index (κ1) is 14.5. The molecule has 1 N–H and O–H groups in total. The fourth-order valence-electron chi connectivity index (χ4n) is 3.47. The lowest BCUT2D eigenvalue weighted by molar-refractivity contribution is -0.136. The van der Waals surface area contributed by atoms with Crippen molar-refractivity contribution in [2.75, 3.05) is 26.2 Å². The van der Waals surface area contributed by atoms with Crippen LogP contribution in [0.1, 0.15) is 37.4 Å². The van der Waals surface area contributed by atoms with Gasteiger partial charge in [0.25, 0.3) is 0 Å². The van der Waals surface area contributed by atoms with E-state index in [9.17, 15) is 9.90 Å². The number of rotatable bonds is 3. The molecule has 21 heavy (non-hydrogen) atoms. The van der Waals surface area contributed by atoms with Crippen molar-refractivity contribution in [1.82, 2.24) is 9.80 Å². The number of carbonyl (C=O) groups is 1. The number of fused-ring (bicyclic) bond motifs is 1. The van der Waals surface area contributed by atoms with E-state index in [2.05, 4.69) is 4.90 Å². The first-order chi connectivity index (χ1) is 10.2. The van der Waals surface area contributed by atoms with Crippen LogP contribution in [0.4, 0.5) is 0 Å². The number of benzene rings is 1. The van der Waals surface area contributed by atoms with E-state index >= 15 is 0 Å². The Hall–Kier alpha value is -1.39. The van der Waals surface area contributed by atoms with E-state index in [0.29, 0.717) is 6.04 Å². The first-order valence-electron chi connectivity index (χ1n) is 7.99. The summed E-state index contributed by atoms with van der Waals surface area (Å²) >= 11 is 0. The van der Waals surface area contributed by atoms with Crippen molar-refractivity contribution in [2.45, 2.75) is 37.8 Å². The van der Waals surface area contributed by atoms with Crippen molar-refractivity contribution in [3.8, 4) is 0 Å². The Morgan fingerprint density at radius 3 is 2.81 bits per heavy atom. The number of aliphatic hydroxyl groups is 1. The first-order valence-corrected chi connectivity index (χ1v) is 7.99. The highest BCUT2D eigenvalue weighted by Crippen LogP contribution is 2.23. The Morgan fingerprint density at radius 1 is 1.19 bits per heavy atom. The van der Waals surface area contributed by atoms with Gasteiger partial charge in [-0.15, -0.1) is 0 Å². The Morgan fingerprint density at radius 2 is 2.00 bits per heavy atom. The minimum Gasteiger partial charge on any atom is -0.388 e. The van der Waals surface area contributed by atoms with Crippen LogP contribution in [0.25, 0.3) is 0 Å². The van der Waals surface area contributed by atoms with Crippen LogP contribution in [-0.4, -0.2) is 53.0 Å². The quantitative estimate of drug-likeness (QED) is 0.922. The Balaban J connectivity index is 1.56. The Bertz CT molecular complexity index is 477. The zero-order valence-corrected chi connectivity index (χ0v) is 12.4. The molecule has 2 saturated heterocycles. The predicted molar refractivity (Wildman–Crippen MR) is 81.8 cm³/mol. The van der Waals surface area contributed by atoms with Crippen LogP contribution in [0.2, 0.25) is 0 Å². The second kappa shape index (κ2) is 6.58. The summed E-state index contributed by atoms with van der Waals surface area (Å²) in [7, 11) is 0. The molecule has 0 radical (unpaired) electrons. The molecule has 1 aromatic rings.